The van der Waals surface area contributed by atoms with Crippen molar-refractivity contribution in [3.05, 3.63) is 20.8 Å². The van der Waals surface area contributed by atoms with Crippen LogP contribution in [0.15, 0.2) is 9.59 Å². The Hall–Kier alpha value is -2.09. The molecule has 1 saturated carbocycles. The first-order chi connectivity index (χ1) is 9.49. The summed E-state index contributed by atoms with van der Waals surface area (Å²) < 4.78 is 2.35. The number of aliphatic hydroxyl groups excluding tert-OH is 1. The number of hydrogen-bond acceptors (Lipinski definition) is 5. The second-order valence-electron chi connectivity index (χ2n) is 5.28. The van der Waals surface area contributed by atoms with Crippen LogP contribution in [0.3, 0.4) is 0 Å². The lowest BCUT2D eigenvalue weighted by Gasteiger charge is -2.08. The highest BCUT2D eigenvalue weighted by atomic mass is 16.3. The minimum atomic E-state index is -0.418. The van der Waals surface area contributed by atoms with Crippen LogP contribution < -0.4 is 16.6 Å². The summed E-state index contributed by atoms with van der Waals surface area (Å²) in [7, 11) is 2.99. The second-order valence-corrected chi connectivity index (χ2v) is 5.28. The molecular formula is C12H17N5O3. The van der Waals surface area contributed by atoms with Crippen molar-refractivity contribution in [2.75, 3.05) is 11.9 Å². The summed E-state index contributed by atoms with van der Waals surface area (Å²) in [5.41, 5.74) is -0.246. The summed E-state index contributed by atoms with van der Waals surface area (Å²) in [6.07, 6.45) is 1.70. The van der Waals surface area contributed by atoms with E-state index in [9.17, 15) is 14.7 Å². The Morgan fingerprint density at radius 3 is 2.75 bits per heavy atom. The molecule has 0 amide bonds. The Bertz CT molecular complexity index is 768. The van der Waals surface area contributed by atoms with Gasteiger partial charge in [-0.1, -0.05) is 0 Å². The Morgan fingerprint density at radius 1 is 1.40 bits per heavy atom. The minimum absolute atomic E-state index is 0.276. The molecule has 2 heterocycles. The number of anilines is 1. The summed E-state index contributed by atoms with van der Waals surface area (Å²) in [5, 5.41) is 12.8. The van der Waals surface area contributed by atoms with Crippen molar-refractivity contribution >= 4 is 17.1 Å². The van der Waals surface area contributed by atoms with Crippen LogP contribution >= 0.6 is 0 Å². The van der Waals surface area contributed by atoms with Crippen LogP contribution in [-0.4, -0.2) is 36.9 Å². The molecule has 3 N–H and O–H groups in total. The third-order valence-corrected chi connectivity index (χ3v) is 3.74. The first kappa shape index (κ1) is 12.9. The zero-order valence-electron chi connectivity index (χ0n) is 11.4. The van der Waals surface area contributed by atoms with Gasteiger partial charge in [0.25, 0.3) is 5.56 Å². The number of rotatable bonds is 4. The van der Waals surface area contributed by atoms with Crippen molar-refractivity contribution in [2.45, 2.75) is 18.9 Å². The number of nitrogens with one attached hydrogen (secondary N) is 2. The maximum atomic E-state index is 12.0. The predicted molar refractivity (Wildman–Crippen MR) is 73.8 cm³/mol. The summed E-state index contributed by atoms with van der Waals surface area (Å²) in [5.74, 6) is 0.752. The molecule has 2 aromatic heterocycles. The fraction of sp³-hybridized carbons (Fsp3) is 0.583. The van der Waals surface area contributed by atoms with Crippen LogP contribution in [0.4, 0.5) is 5.95 Å². The Labute approximate surface area is 114 Å². The Kier molecular flexibility index (Phi) is 2.89. The Balaban J connectivity index is 1.94. The van der Waals surface area contributed by atoms with Gasteiger partial charge in [-0.05, 0) is 18.8 Å². The summed E-state index contributed by atoms with van der Waals surface area (Å²) in [6.45, 7) is 0.374. The smallest absolute Gasteiger partial charge is 0.332 e. The normalized spacial score (nSPS) is 16.6. The number of aromatic amines is 1. The minimum Gasteiger partial charge on any atom is -0.391 e. The highest BCUT2D eigenvalue weighted by Crippen LogP contribution is 2.32. The van der Waals surface area contributed by atoms with E-state index in [1.54, 1.807) is 7.05 Å². The van der Waals surface area contributed by atoms with E-state index in [2.05, 4.69) is 15.3 Å². The SMILES string of the molecule is Cn1c(=O)c2[nH]c(NCC(O)C3CC3)nc2n(C)c1=O. The van der Waals surface area contributed by atoms with E-state index in [-0.39, 0.29) is 5.52 Å². The third-order valence-electron chi connectivity index (χ3n) is 3.74. The van der Waals surface area contributed by atoms with Gasteiger partial charge in [-0.25, -0.2) is 4.79 Å². The first-order valence-electron chi connectivity index (χ1n) is 6.56. The summed E-state index contributed by atoms with van der Waals surface area (Å²) >= 11 is 0. The molecule has 1 aliphatic carbocycles. The third kappa shape index (κ3) is 2.01. The molecule has 0 aliphatic heterocycles. The standard InChI is InChI=1S/C12H17N5O3/c1-16-9-8(10(19)17(2)12(16)20)14-11(15-9)13-5-7(18)6-3-4-6/h6-7,18H,3-5H2,1-2H3,(H2,13,14,15). The highest BCUT2D eigenvalue weighted by Gasteiger charge is 2.29. The van der Waals surface area contributed by atoms with Gasteiger partial charge in [-0.15, -0.1) is 0 Å². The zero-order chi connectivity index (χ0) is 14.4. The fourth-order valence-electron chi connectivity index (χ4n) is 2.26. The summed E-state index contributed by atoms with van der Waals surface area (Å²) in [4.78, 5) is 30.8. The van der Waals surface area contributed by atoms with Crippen LogP contribution in [0, 0.1) is 5.92 Å². The van der Waals surface area contributed by atoms with E-state index in [0.717, 1.165) is 17.4 Å². The lowest BCUT2D eigenvalue weighted by atomic mass is 10.2. The molecule has 3 rings (SSSR count). The number of hydrogen-bond donors (Lipinski definition) is 3. The highest BCUT2D eigenvalue weighted by molar-refractivity contribution is 5.72. The van der Waals surface area contributed by atoms with Gasteiger partial charge in [-0.3, -0.25) is 13.9 Å². The van der Waals surface area contributed by atoms with Crippen molar-refractivity contribution < 1.29 is 5.11 Å². The maximum Gasteiger partial charge on any atom is 0.332 e. The van der Waals surface area contributed by atoms with Crippen molar-refractivity contribution in [3.63, 3.8) is 0 Å². The molecule has 8 nitrogen and oxygen atoms in total. The molecule has 20 heavy (non-hydrogen) atoms. The summed E-state index contributed by atoms with van der Waals surface area (Å²) in [6, 6.07) is 0. The largest absolute Gasteiger partial charge is 0.391 e. The first-order valence-corrected chi connectivity index (χ1v) is 6.56. The number of imidazole rings is 1. The van der Waals surface area contributed by atoms with Gasteiger partial charge in [0, 0.05) is 20.6 Å². The van der Waals surface area contributed by atoms with Crippen LogP contribution in [0.25, 0.3) is 11.2 Å². The number of aliphatic hydroxyl groups is 1. The molecule has 108 valence electrons. The average Bonchev–Trinajstić information content (AvgIpc) is 3.20. The fourth-order valence-corrected chi connectivity index (χ4v) is 2.26. The molecule has 1 atom stereocenters. The van der Waals surface area contributed by atoms with E-state index in [0.29, 0.717) is 24.1 Å². The van der Waals surface area contributed by atoms with Crippen LogP contribution in [-0.2, 0) is 14.1 Å². The van der Waals surface area contributed by atoms with Crippen LogP contribution in [0.5, 0.6) is 0 Å². The van der Waals surface area contributed by atoms with Crippen LogP contribution in [0.2, 0.25) is 0 Å². The molecule has 0 aromatic carbocycles. The quantitative estimate of drug-likeness (QED) is 0.675. The van der Waals surface area contributed by atoms with Gasteiger partial charge >= 0.3 is 5.69 Å². The van der Waals surface area contributed by atoms with Gasteiger partial charge in [0.05, 0.1) is 6.10 Å². The average molecular weight is 279 g/mol. The molecule has 1 unspecified atom stereocenters. The van der Waals surface area contributed by atoms with E-state index >= 15 is 0 Å². The van der Waals surface area contributed by atoms with Crippen molar-refractivity contribution in [1.29, 1.82) is 0 Å². The topological polar surface area (TPSA) is 105 Å². The lowest BCUT2D eigenvalue weighted by molar-refractivity contribution is 0.164. The zero-order valence-corrected chi connectivity index (χ0v) is 11.4. The van der Waals surface area contributed by atoms with Gasteiger partial charge in [0.15, 0.2) is 11.2 Å². The molecule has 0 saturated heterocycles. The predicted octanol–water partition coefficient (Wildman–Crippen LogP) is -0.857. The Morgan fingerprint density at radius 2 is 2.10 bits per heavy atom. The molecule has 0 spiro atoms. The molecule has 1 fully saturated rings. The van der Waals surface area contributed by atoms with E-state index < -0.39 is 17.4 Å². The lowest BCUT2D eigenvalue weighted by Crippen LogP contribution is -2.36. The number of H-pyrrole nitrogens is 1. The maximum absolute atomic E-state index is 12.0. The molecular weight excluding hydrogens is 262 g/mol. The molecule has 1 aliphatic rings. The molecule has 8 heteroatoms. The van der Waals surface area contributed by atoms with E-state index in [1.807, 2.05) is 0 Å². The van der Waals surface area contributed by atoms with Crippen molar-refractivity contribution in [2.24, 2.45) is 20.0 Å². The monoisotopic (exact) mass is 279 g/mol. The van der Waals surface area contributed by atoms with E-state index in [4.69, 9.17) is 0 Å². The molecule has 0 bridgehead atoms. The number of aromatic nitrogens is 4. The molecule has 2 aromatic rings. The van der Waals surface area contributed by atoms with Gasteiger partial charge in [0.1, 0.15) is 0 Å². The second kappa shape index (κ2) is 4.48. The van der Waals surface area contributed by atoms with Crippen LogP contribution in [0.1, 0.15) is 12.8 Å². The van der Waals surface area contributed by atoms with E-state index in [1.165, 1.54) is 11.6 Å². The van der Waals surface area contributed by atoms with Crippen molar-refractivity contribution in [1.82, 2.24) is 19.1 Å². The molecule has 0 radical (unpaired) electrons. The number of fused-ring (bicyclic) bond motifs is 1. The van der Waals surface area contributed by atoms with Crippen molar-refractivity contribution in [3.8, 4) is 0 Å². The van der Waals surface area contributed by atoms with Gasteiger partial charge < -0.3 is 15.4 Å². The van der Waals surface area contributed by atoms with Gasteiger partial charge in [0.2, 0.25) is 5.95 Å². The number of nitrogens with zero attached hydrogens (tertiary/aromatic N) is 3. The number of aryl methyl sites for hydroxylation is 1. The van der Waals surface area contributed by atoms with Gasteiger partial charge in [-0.2, -0.15) is 4.98 Å².